The molecule has 0 aromatic heterocycles. The van der Waals surface area contributed by atoms with Crippen molar-refractivity contribution >= 4 is 15.8 Å². The van der Waals surface area contributed by atoms with Gasteiger partial charge in [-0.1, -0.05) is 31.2 Å². The second-order valence-electron chi connectivity index (χ2n) is 4.52. The molecular formula is C15H17NO3S. The minimum Gasteiger partial charge on any atom is -0.381 e. The number of hydrogen-bond donors (Lipinski definition) is 2. The van der Waals surface area contributed by atoms with E-state index >= 15 is 0 Å². The van der Waals surface area contributed by atoms with Gasteiger partial charge in [0.25, 0.3) is 10.1 Å². The molecule has 0 fully saturated rings. The molecule has 5 heteroatoms. The Hall–Kier alpha value is -1.85. The zero-order valence-electron chi connectivity index (χ0n) is 11.2. The average molecular weight is 291 g/mol. The van der Waals surface area contributed by atoms with Gasteiger partial charge in [-0.25, -0.2) is 0 Å². The Morgan fingerprint density at radius 1 is 0.950 bits per heavy atom. The van der Waals surface area contributed by atoms with Crippen LogP contribution in [-0.2, 0) is 23.1 Å². The third kappa shape index (κ3) is 3.82. The van der Waals surface area contributed by atoms with Crippen molar-refractivity contribution in [3.8, 4) is 0 Å². The summed E-state index contributed by atoms with van der Waals surface area (Å²) in [6, 6.07) is 14.3. The van der Waals surface area contributed by atoms with Gasteiger partial charge in [-0.2, -0.15) is 8.42 Å². The van der Waals surface area contributed by atoms with Gasteiger partial charge < -0.3 is 5.32 Å². The molecule has 2 N–H and O–H groups in total. The van der Waals surface area contributed by atoms with Crippen LogP contribution in [0.3, 0.4) is 0 Å². The predicted molar refractivity (Wildman–Crippen MR) is 79.4 cm³/mol. The molecule has 0 unspecified atom stereocenters. The van der Waals surface area contributed by atoms with E-state index in [1.165, 1.54) is 17.7 Å². The van der Waals surface area contributed by atoms with Crippen molar-refractivity contribution in [2.45, 2.75) is 24.8 Å². The molecule has 0 heterocycles. The van der Waals surface area contributed by atoms with Crippen LogP contribution >= 0.6 is 0 Å². The summed E-state index contributed by atoms with van der Waals surface area (Å²) in [6.07, 6.45) is 1.02. The molecule has 2 aromatic carbocycles. The van der Waals surface area contributed by atoms with E-state index in [0.717, 1.165) is 17.7 Å². The minimum atomic E-state index is -4.12. The van der Waals surface area contributed by atoms with Gasteiger partial charge >= 0.3 is 0 Å². The van der Waals surface area contributed by atoms with Crippen LogP contribution in [0.15, 0.2) is 53.4 Å². The quantitative estimate of drug-likeness (QED) is 0.831. The van der Waals surface area contributed by atoms with E-state index in [9.17, 15) is 8.42 Å². The standard InChI is InChI=1S/C15H17NO3S/c1-2-12-3-5-13(6-4-12)11-16-14-7-9-15(10-8-14)20(17,18)19/h3-10,16H,2,11H2,1H3,(H,17,18,19). The lowest BCUT2D eigenvalue weighted by molar-refractivity contribution is 0.483. The Bertz CT molecular complexity index is 661. The summed E-state index contributed by atoms with van der Waals surface area (Å²) in [5.41, 5.74) is 3.25. The van der Waals surface area contributed by atoms with Crippen LogP contribution in [0.5, 0.6) is 0 Å². The molecule has 2 aromatic rings. The first kappa shape index (κ1) is 14.6. The maximum Gasteiger partial charge on any atom is 0.294 e. The summed E-state index contributed by atoms with van der Waals surface area (Å²) in [5, 5.41) is 3.20. The third-order valence-electron chi connectivity index (χ3n) is 3.08. The van der Waals surface area contributed by atoms with Crippen molar-refractivity contribution in [2.24, 2.45) is 0 Å². The largest absolute Gasteiger partial charge is 0.381 e. The summed E-state index contributed by atoms with van der Waals surface area (Å²) in [7, 11) is -4.12. The molecule has 0 radical (unpaired) electrons. The Balaban J connectivity index is 2.00. The minimum absolute atomic E-state index is 0.102. The highest BCUT2D eigenvalue weighted by atomic mass is 32.2. The van der Waals surface area contributed by atoms with Gasteiger partial charge in [-0.15, -0.1) is 0 Å². The number of anilines is 1. The lowest BCUT2D eigenvalue weighted by atomic mass is 10.1. The predicted octanol–water partition coefficient (Wildman–Crippen LogP) is 3.11. The van der Waals surface area contributed by atoms with Crippen LogP contribution in [-0.4, -0.2) is 13.0 Å². The molecule has 0 atom stereocenters. The molecule has 0 saturated carbocycles. The van der Waals surface area contributed by atoms with Crippen LogP contribution in [0, 0.1) is 0 Å². The van der Waals surface area contributed by atoms with Gasteiger partial charge in [0.05, 0.1) is 4.90 Å². The maximum atomic E-state index is 10.9. The first-order valence-corrected chi connectivity index (χ1v) is 7.82. The lowest BCUT2D eigenvalue weighted by Crippen LogP contribution is -2.01. The number of benzene rings is 2. The first-order chi connectivity index (χ1) is 9.49. The van der Waals surface area contributed by atoms with Gasteiger partial charge in [0, 0.05) is 12.2 Å². The van der Waals surface area contributed by atoms with Gasteiger partial charge in [0.15, 0.2) is 0 Å². The number of aryl methyl sites for hydroxylation is 1. The fourth-order valence-electron chi connectivity index (χ4n) is 1.84. The molecule has 4 nitrogen and oxygen atoms in total. The number of rotatable bonds is 5. The Kier molecular flexibility index (Phi) is 4.42. The normalized spacial score (nSPS) is 11.3. The highest BCUT2D eigenvalue weighted by molar-refractivity contribution is 7.85. The fourth-order valence-corrected chi connectivity index (χ4v) is 2.32. The Morgan fingerprint density at radius 2 is 1.50 bits per heavy atom. The molecular weight excluding hydrogens is 274 g/mol. The lowest BCUT2D eigenvalue weighted by Gasteiger charge is -2.07. The van der Waals surface area contributed by atoms with Crippen molar-refractivity contribution in [3.05, 3.63) is 59.7 Å². The van der Waals surface area contributed by atoms with Gasteiger partial charge in [0.1, 0.15) is 0 Å². The van der Waals surface area contributed by atoms with Crippen LogP contribution in [0.25, 0.3) is 0 Å². The summed E-state index contributed by atoms with van der Waals surface area (Å²) in [5.74, 6) is 0. The molecule has 106 valence electrons. The number of hydrogen-bond acceptors (Lipinski definition) is 3. The highest BCUT2D eigenvalue weighted by Crippen LogP contribution is 2.15. The maximum absolute atomic E-state index is 10.9. The zero-order chi connectivity index (χ0) is 14.6. The third-order valence-corrected chi connectivity index (χ3v) is 3.95. The smallest absolute Gasteiger partial charge is 0.294 e. The van der Waals surface area contributed by atoms with Crippen molar-refractivity contribution in [2.75, 3.05) is 5.32 Å². The molecule has 0 saturated heterocycles. The molecule has 0 amide bonds. The molecule has 0 bridgehead atoms. The van der Waals surface area contributed by atoms with E-state index in [0.29, 0.717) is 6.54 Å². The van der Waals surface area contributed by atoms with Crippen molar-refractivity contribution < 1.29 is 13.0 Å². The summed E-state index contributed by atoms with van der Waals surface area (Å²) < 4.78 is 30.7. The summed E-state index contributed by atoms with van der Waals surface area (Å²) in [6.45, 7) is 2.78. The van der Waals surface area contributed by atoms with Crippen LogP contribution < -0.4 is 5.32 Å². The van der Waals surface area contributed by atoms with E-state index in [1.54, 1.807) is 12.1 Å². The SMILES string of the molecule is CCc1ccc(CNc2ccc(S(=O)(=O)O)cc2)cc1. The molecule has 0 spiro atoms. The van der Waals surface area contributed by atoms with Gasteiger partial charge in [0.2, 0.25) is 0 Å². The zero-order valence-corrected chi connectivity index (χ0v) is 12.0. The van der Waals surface area contributed by atoms with E-state index < -0.39 is 10.1 Å². The van der Waals surface area contributed by atoms with Crippen LogP contribution in [0.4, 0.5) is 5.69 Å². The first-order valence-electron chi connectivity index (χ1n) is 6.38. The fraction of sp³-hybridized carbons (Fsp3) is 0.200. The van der Waals surface area contributed by atoms with Gasteiger partial charge in [-0.3, -0.25) is 4.55 Å². The van der Waals surface area contributed by atoms with E-state index in [1.807, 2.05) is 0 Å². The van der Waals surface area contributed by atoms with Crippen molar-refractivity contribution in [1.29, 1.82) is 0 Å². The molecule has 0 aliphatic carbocycles. The Morgan fingerprint density at radius 3 is 2.00 bits per heavy atom. The second kappa shape index (κ2) is 6.07. The topological polar surface area (TPSA) is 66.4 Å². The van der Waals surface area contributed by atoms with Crippen molar-refractivity contribution in [1.82, 2.24) is 0 Å². The second-order valence-corrected chi connectivity index (χ2v) is 5.94. The summed E-state index contributed by atoms with van der Waals surface area (Å²) in [4.78, 5) is -0.102. The van der Waals surface area contributed by atoms with Gasteiger partial charge in [-0.05, 0) is 41.8 Å². The van der Waals surface area contributed by atoms with Crippen molar-refractivity contribution in [3.63, 3.8) is 0 Å². The monoisotopic (exact) mass is 291 g/mol. The highest BCUT2D eigenvalue weighted by Gasteiger charge is 2.08. The molecule has 2 rings (SSSR count). The van der Waals surface area contributed by atoms with Crippen LogP contribution in [0.1, 0.15) is 18.1 Å². The molecule has 0 aliphatic heterocycles. The molecule has 0 aliphatic rings. The van der Waals surface area contributed by atoms with Crippen LogP contribution in [0.2, 0.25) is 0 Å². The van der Waals surface area contributed by atoms with E-state index in [4.69, 9.17) is 4.55 Å². The Labute approximate surface area is 119 Å². The molecule has 20 heavy (non-hydrogen) atoms. The summed E-state index contributed by atoms with van der Waals surface area (Å²) >= 11 is 0. The number of nitrogens with one attached hydrogen (secondary N) is 1. The van der Waals surface area contributed by atoms with E-state index in [2.05, 4.69) is 36.5 Å². The van der Waals surface area contributed by atoms with E-state index in [-0.39, 0.29) is 4.90 Å². The average Bonchev–Trinajstić information content (AvgIpc) is 2.45.